The number of rotatable bonds is 6. The minimum atomic E-state index is 0.860. The Morgan fingerprint density at radius 1 is 1.13 bits per heavy atom. The molecule has 0 aromatic carbocycles. The molecule has 1 N–H and O–H groups in total. The smallest absolute Gasteiger partial charge is 0.0107 e. The van der Waals surface area contributed by atoms with E-state index >= 15 is 0 Å². The summed E-state index contributed by atoms with van der Waals surface area (Å²) in [4.78, 5) is 2.50. The van der Waals surface area contributed by atoms with Gasteiger partial charge in [0.25, 0.3) is 0 Å². The fraction of sp³-hybridized carbons (Fsp3) is 1.00. The van der Waals surface area contributed by atoms with E-state index in [0.717, 1.165) is 17.9 Å². The van der Waals surface area contributed by atoms with E-state index in [2.05, 4.69) is 24.1 Å². The highest BCUT2D eigenvalue weighted by Crippen LogP contribution is 2.44. The largest absolute Gasteiger partial charge is 0.312 e. The summed E-state index contributed by atoms with van der Waals surface area (Å²) in [7, 11) is 0. The molecular weight excluding hydrogens is 184 g/mol. The number of hydrogen-bond donors (Lipinski definition) is 1. The van der Waals surface area contributed by atoms with Gasteiger partial charge in [-0.1, -0.05) is 20.3 Å². The van der Waals surface area contributed by atoms with Crippen LogP contribution in [-0.4, -0.2) is 37.1 Å². The fourth-order valence-electron chi connectivity index (χ4n) is 3.44. The Morgan fingerprint density at radius 2 is 1.93 bits per heavy atom. The van der Waals surface area contributed by atoms with Crippen molar-refractivity contribution in [3.05, 3.63) is 0 Å². The normalized spacial score (nSPS) is 34.2. The second-order valence-electron chi connectivity index (χ2n) is 5.26. The molecule has 2 fully saturated rings. The minimum absolute atomic E-state index is 0.860. The molecule has 2 aliphatic carbocycles. The second-order valence-corrected chi connectivity index (χ2v) is 5.26. The first-order chi connectivity index (χ1) is 7.33. The van der Waals surface area contributed by atoms with Crippen molar-refractivity contribution in [1.82, 2.24) is 10.2 Å². The predicted molar refractivity (Wildman–Crippen MR) is 65.0 cm³/mol. The topological polar surface area (TPSA) is 15.3 Å². The summed E-state index contributed by atoms with van der Waals surface area (Å²) in [6.07, 6.45) is 5.98. The van der Waals surface area contributed by atoms with Gasteiger partial charge in [0, 0.05) is 19.1 Å². The molecule has 0 aromatic rings. The number of nitrogens with one attached hydrogen (secondary N) is 1. The molecule has 3 atom stereocenters. The van der Waals surface area contributed by atoms with E-state index in [1.165, 1.54) is 51.9 Å². The molecule has 0 heterocycles. The van der Waals surface area contributed by atoms with Gasteiger partial charge >= 0.3 is 0 Å². The zero-order valence-electron chi connectivity index (χ0n) is 10.3. The van der Waals surface area contributed by atoms with Gasteiger partial charge in [-0.3, -0.25) is 0 Å². The van der Waals surface area contributed by atoms with E-state index in [9.17, 15) is 0 Å². The van der Waals surface area contributed by atoms with Crippen molar-refractivity contribution < 1.29 is 0 Å². The van der Waals surface area contributed by atoms with Crippen molar-refractivity contribution in [2.24, 2.45) is 11.8 Å². The molecule has 2 heteroatoms. The Morgan fingerprint density at radius 3 is 2.47 bits per heavy atom. The highest BCUT2D eigenvalue weighted by atomic mass is 15.1. The van der Waals surface area contributed by atoms with Crippen LogP contribution in [0.3, 0.4) is 0 Å². The molecule has 0 aromatic heterocycles. The van der Waals surface area contributed by atoms with Gasteiger partial charge in [-0.15, -0.1) is 0 Å². The van der Waals surface area contributed by atoms with Gasteiger partial charge in [0.15, 0.2) is 0 Å². The Labute approximate surface area is 94.4 Å². The molecule has 2 nitrogen and oxygen atoms in total. The maximum absolute atomic E-state index is 3.77. The third-order valence-corrected chi connectivity index (χ3v) is 4.47. The molecule has 2 bridgehead atoms. The van der Waals surface area contributed by atoms with Crippen LogP contribution in [0.1, 0.15) is 39.5 Å². The van der Waals surface area contributed by atoms with Gasteiger partial charge in [0.2, 0.25) is 0 Å². The van der Waals surface area contributed by atoms with Crippen LogP contribution in [0.5, 0.6) is 0 Å². The van der Waals surface area contributed by atoms with Gasteiger partial charge in [-0.05, 0) is 44.2 Å². The maximum atomic E-state index is 3.77. The highest BCUT2D eigenvalue weighted by molar-refractivity contribution is 4.94. The first kappa shape index (κ1) is 11.4. The molecule has 0 radical (unpaired) electrons. The van der Waals surface area contributed by atoms with E-state index in [1.54, 1.807) is 0 Å². The molecule has 15 heavy (non-hydrogen) atoms. The highest BCUT2D eigenvalue weighted by Gasteiger charge is 2.38. The first-order valence-corrected chi connectivity index (χ1v) is 6.79. The van der Waals surface area contributed by atoms with Crippen molar-refractivity contribution in [2.45, 2.75) is 45.6 Å². The Bertz CT molecular complexity index is 189. The lowest BCUT2D eigenvalue weighted by Crippen LogP contribution is -2.39. The van der Waals surface area contributed by atoms with E-state index in [-0.39, 0.29) is 0 Å². The van der Waals surface area contributed by atoms with Gasteiger partial charge in [-0.2, -0.15) is 0 Å². The van der Waals surface area contributed by atoms with Crippen molar-refractivity contribution in [1.29, 1.82) is 0 Å². The molecule has 2 saturated carbocycles. The van der Waals surface area contributed by atoms with E-state index in [0.29, 0.717) is 0 Å². The summed E-state index contributed by atoms with van der Waals surface area (Å²) in [5.74, 6) is 2.09. The van der Waals surface area contributed by atoms with Gasteiger partial charge < -0.3 is 10.2 Å². The molecular formula is C13H26N2. The van der Waals surface area contributed by atoms with Crippen molar-refractivity contribution in [3.63, 3.8) is 0 Å². The van der Waals surface area contributed by atoms with E-state index in [4.69, 9.17) is 0 Å². The second kappa shape index (κ2) is 5.31. The first-order valence-electron chi connectivity index (χ1n) is 6.79. The summed E-state index contributed by atoms with van der Waals surface area (Å²) in [6, 6.07) is 0.860. The molecule has 0 saturated heterocycles. The zero-order valence-corrected chi connectivity index (χ0v) is 10.3. The molecule has 2 aliphatic rings. The van der Waals surface area contributed by atoms with Gasteiger partial charge in [-0.25, -0.2) is 0 Å². The zero-order chi connectivity index (χ0) is 10.7. The molecule has 0 amide bonds. The van der Waals surface area contributed by atoms with Crippen molar-refractivity contribution in [3.8, 4) is 0 Å². The van der Waals surface area contributed by atoms with Gasteiger partial charge in [0.05, 0.1) is 0 Å². The van der Waals surface area contributed by atoms with Crippen LogP contribution in [0, 0.1) is 11.8 Å². The van der Waals surface area contributed by atoms with Crippen molar-refractivity contribution in [2.75, 3.05) is 26.2 Å². The monoisotopic (exact) mass is 210 g/mol. The number of hydrogen-bond acceptors (Lipinski definition) is 2. The van der Waals surface area contributed by atoms with Crippen LogP contribution in [0.2, 0.25) is 0 Å². The third-order valence-electron chi connectivity index (χ3n) is 4.47. The van der Waals surface area contributed by atoms with E-state index < -0.39 is 0 Å². The van der Waals surface area contributed by atoms with Crippen LogP contribution in [0.4, 0.5) is 0 Å². The molecule has 0 aliphatic heterocycles. The predicted octanol–water partition coefficient (Wildman–Crippen LogP) is 2.11. The van der Waals surface area contributed by atoms with Crippen LogP contribution < -0.4 is 5.32 Å². The van der Waals surface area contributed by atoms with Crippen LogP contribution in [-0.2, 0) is 0 Å². The van der Waals surface area contributed by atoms with Crippen LogP contribution in [0.25, 0.3) is 0 Å². The quantitative estimate of drug-likeness (QED) is 0.722. The average Bonchev–Trinajstić information content (AvgIpc) is 2.86. The summed E-state index contributed by atoms with van der Waals surface area (Å²) < 4.78 is 0. The van der Waals surface area contributed by atoms with Gasteiger partial charge in [0.1, 0.15) is 0 Å². The number of nitrogens with zero attached hydrogens (tertiary/aromatic N) is 1. The summed E-state index contributed by atoms with van der Waals surface area (Å²) in [6.45, 7) is 9.29. The molecule has 0 unspecified atom stereocenters. The SMILES string of the molecule is CCN(CC)CCN[C@@H]1C[C@H]2CC[C@@H]1C2. The average molecular weight is 210 g/mol. The van der Waals surface area contributed by atoms with E-state index in [1.807, 2.05) is 0 Å². The summed E-state index contributed by atoms with van der Waals surface area (Å²) in [5.41, 5.74) is 0. The Kier molecular flexibility index (Phi) is 4.04. The Balaban J connectivity index is 1.62. The Hall–Kier alpha value is -0.0800. The lowest BCUT2D eigenvalue weighted by Gasteiger charge is -2.25. The standard InChI is InChI=1S/C13H26N2/c1-3-15(4-2)8-7-14-13-10-11-5-6-12(13)9-11/h11-14H,3-10H2,1-2H3/t11-,12+,13+/m0/s1. The minimum Gasteiger partial charge on any atom is -0.312 e. The number of likely N-dealkylation sites (N-methyl/N-ethyl adjacent to an activating group) is 1. The lowest BCUT2D eigenvalue weighted by molar-refractivity contribution is 0.279. The molecule has 0 spiro atoms. The molecule has 2 rings (SSSR count). The molecule has 88 valence electrons. The van der Waals surface area contributed by atoms with Crippen LogP contribution in [0.15, 0.2) is 0 Å². The fourth-order valence-corrected chi connectivity index (χ4v) is 3.44. The summed E-state index contributed by atoms with van der Waals surface area (Å²) in [5, 5.41) is 3.77. The van der Waals surface area contributed by atoms with Crippen LogP contribution >= 0.6 is 0 Å². The van der Waals surface area contributed by atoms with Crippen molar-refractivity contribution >= 4 is 0 Å². The third kappa shape index (κ3) is 2.73. The maximum Gasteiger partial charge on any atom is 0.0107 e. The lowest BCUT2D eigenvalue weighted by atomic mass is 9.95. The number of fused-ring (bicyclic) bond motifs is 2. The summed E-state index contributed by atoms with van der Waals surface area (Å²) >= 11 is 0.